The normalized spacial score (nSPS) is 24.7. The van der Waals surface area contributed by atoms with Crippen molar-refractivity contribution in [3.05, 3.63) is 35.9 Å². The number of hydrogen-bond donors (Lipinski definition) is 3. The SMILES string of the molecule is CC(O)C(O)C1CN(Cc2ccccc2)CCN1. The van der Waals surface area contributed by atoms with Gasteiger partial charge in [-0.2, -0.15) is 0 Å². The van der Waals surface area contributed by atoms with Gasteiger partial charge in [0.05, 0.1) is 12.2 Å². The molecule has 1 aliphatic rings. The fourth-order valence-electron chi connectivity index (χ4n) is 2.39. The number of piperazine rings is 1. The topological polar surface area (TPSA) is 55.7 Å². The third kappa shape index (κ3) is 3.53. The lowest BCUT2D eigenvalue weighted by molar-refractivity contribution is -0.0108. The first-order valence-corrected chi connectivity index (χ1v) is 6.52. The van der Waals surface area contributed by atoms with E-state index in [-0.39, 0.29) is 6.04 Å². The Morgan fingerprint density at radius 1 is 1.33 bits per heavy atom. The molecule has 3 atom stereocenters. The third-order valence-electron chi connectivity index (χ3n) is 3.44. The fourth-order valence-corrected chi connectivity index (χ4v) is 2.39. The Bertz CT molecular complexity index is 356. The van der Waals surface area contributed by atoms with E-state index >= 15 is 0 Å². The van der Waals surface area contributed by atoms with E-state index in [4.69, 9.17) is 0 Å². The van der Waals surface area contributed by atoms with Gasteiger partial charge in [0, 0.05) is 32.2 Å². The molecule has 3 unspecified atom stereocenters. The van der Waals surface area contributed by atoms with Crippen molar-refractivity contribution in [2.45, 2.75) is 31.7 Å². The molecule has 0 amide bonds. The summed E-state index contributed by atoms with van der Waals surface area (Å²) in [5, 5.41) is 22.6. The number of nitrogens with one attached hydrogen (secondary N) is 1. The van der Waals surface area contributed by atoms with Gasteiger partial charge in [0.2, 0.25) is 0 Å². The second kappa shape index (κ2) is 6.29. The average Bonchev–Trinajstić information content (AvgIpc) is 2.39. The zero-order valence-electron chi connectivity index (χ0n) is 10.8. The van der Waals surface area contributed by atoms with Gasteiger partial charge >= 0.3 is 0 Å². The number of benzene rings is 1. The van der Waals surface area contributed by atoms with E-state index in [0.717, 1.165) is 26.2 Å². The van der Waals surface area contributed by atoms with E-state index in [9.17, 15) is 10.2 Å². The first-order chi connectivity index (χ1) is 8.66. The van der Waals surface area contributed by atoms with Crippen molar-refractivity contribution in [1.82, 2.24) is 10.2 Å². The molecule has 0 spiro atoms. The van der Waals surface area contributed by atoms with Crippen LogP contribution in [0, 0.1) is 0 Å². The lowest BCUT2D eigenvalue weighted by Gasteiger charge is -2.36. The molecule has 0 bridgehead atoms. The van der Waals surface area contributed by atoms with Gasteiger partial charge in [0.25, 0.3) is 0 Å². The summed E-state index contributed by atoms with van der Waals surface area (Å²) in [6.07, 6.45) is -1.40. The molecule has 0 radical (unpaired) electrons. The predicted molar refractivity (Wildman–Crippen MR) is 71.2 cm³/mol. The van der Waals surface area contributed by atoms with E-state index in [0.29, 0.717) is 0 Å². The Hall–Kier alpha value is -0.940. The minimum Gasteiger partial charge on any atom is -0.391 e. The van der Waals surface area contributed by atoms with E-state index in [1.54, 1.807) is 6.92 Å². The zero-order valence-corrected chi connectivity index (χ0v) is 10.8. The smallest absolute Gasteiger partial charge is 0.0961 e. The van der Waals surface area contributed by atoms with Crippen LogP contribution in [0.5, 0.6) is 0 Å². The zero-order chi connectivity index (χ0) is 13.0. The van der Waals surface area contributed by atoms with Gasteiger partial charge in [-0.25, -0.2) is 0 Å². The lowest BCUT2D eigenvalue weighted by atomic mass is 10.0. The number of nitrogens with zero attached hydrogens (tertiary/aromatic N) is 1. The van der Waals surface area contributed by atoms with Crippen LogP contribution in [-0.2, 0) is 6.54 Å². The van der Waals surface area contributed by atoms with Crippen molar-refractivity contribution in [2.75, 3.05) is 19.6 Å². The molecule has 1 aromatic carbocycles. The van der Waals surface area contributed by atoms with Crippen LogP contribution in [0.3, 0.4) is 0 Å². The summed E-state index contributed by atoms with van der Waals surface area (Å²) in [6.45, 7) is 5.11. The van der Waals surface area contributed by atoms with Crippen LogP contribution in [-0.4, -0.2) is 53.0 Å². The molecule has 1 aliphatic heterocycles. The number of aliphatic hydroxyl groups excluding tert-OH is 2. The van der Waals surface area contributed by atoms with Crippen molar-refractivity contribution in [2.24, 2.45) is 0 Å². The molecule has 0 saturated carbocycles. The highest BCUT2D eigenvalue weighted by molar-refractivity contribution is 5.14. The van der Waals surface area contributed by atoms with Crippen molar-refractivity contribution in [3.8, 4) is 0 Å². The molecule has 1 saturated heterocycles. The predicted octanol–water partition coefficient (Wildman–Crippen LogP) is 0.202. The highest BCUT2D eigenvalue weighted by Crippen LogP contribution is 2.10. The highest BCUT2D eigenvalue weighted by Gasteiger charge is 2.28. The van der Waals surface area contributed by atoms with Gasteiger partial charge in [0.15, 0.2) is 0 Å². The molecular weight excluding hydrogens is 228 g/mol. The van der Waals surface area contributed by atoms with Crippen LogP contribution in [0.25, 0.3) is 0 Å². The summed E-state index contributed by atoms with van der Waals surface area (Å²) < 4.78 is 0. The van der Waals surface area contributed by atoms with Gasteiger partial charge in [-0.15, -0.1) is 0 Å². The van der Waals surface area contributed by atoms with Gasteiger partial charge in [-0.05, 0) is 12.5 Å². The Balaban J connectivity index is 1.91. The summed E-state index contributed by atoms with van der Waals surface area (Å²) in [5.74, 6) is 0. The summed E-state index contributed by atoms with van der Waals surface area (Å²) in [6, 6.07) is 10.3. The molecule has 100 valence electrons. The third-order valence-corrected chi connectivity index (χ3v) is 3.44. The summed E-state index contributed by atoms with van der Waals surface area (Å²) in [4.78, 5) is 2.31. The molecule has 4 nitrogen and oxygen atoms in total. The van der Waals surface area contributed by atoms with E-state index < -0.39 is 12.2 Å². The molecular formula is C14H22N2O2. The maximum Gasteiger partial charge on any atom is 0.0961 e. The fraction of sp³-hybridized carbons (Fsp3) is 0.571. The first kappa shape index (κ1) is 13.5. The Morgan fingerprint density at radius 3 is 2.72 bits per heavy atom. The molecule has 18 heavy (non-hydrogen) atoms. The molecule has 2 rings (SSSR count). The monoisotopic (exact) mass is 250 g/mol. The van der Waals surface area contributed by atoms with Crippen LogP contribution in [0.4, 0.5) is 0 Å². The molecule has 1 heterocycles. The summed E-state index contributed by atoms with van der Waals surface area (Å²) >= 11 is 0. The van der Waals surface area contributed by atoms with E-state index in [1.807, 2.05) is 18.2 Å². The van der Waals surface area contributed by atoms with Gasteiger partial charge in [-0.3, -0.25) is 4.90 Å². The second-order valence-electron chi connectivity index (χ2n) is 5.01. The molecule has 3 N–H and O–H groups in total. The second-order valence-corrected chi connectivity index (χ2v) is 5.01. The van der Waals surface area contributed by atoms with Gasteiger partial charge in [-0.1, -0.05) is 30.3 Å². The maximum absolute atomic E-state index is 9.90. The van der Waals surface area contributed by atoms with Gasteiger partial charge < -0.3 is 15.5 Å². The Kier molecular flexibility index (Phi) is 4.72. The van der Waals surface area contributed by atoms with E-state index in [2.05, 4.69) is 22.3 Å². The van der Waals surface area contributed by atoms with Crippen molar-refractivity contribution >= 4 is 0 Å². The molecule has 0 aromatic heterocycles. The number of aliphatic hydroxyl groups is 2. The van der Waals surface area contributed by atoms with Crippen LogP contribution in [0.15, 0.2) is 30.3 Å². The Morgan fingerprint density at radius 2 is 2.06 bits per heavy atom. The summed E-state index contributed by atoms with van der Waals surface area (Å²) in [7, 11) is 0. The minimum atomic E-state index is -0.705. The van der Waals surface area contributed by atoms with Crippen LogP contribution in [0.2, 0.25) is 0 Å². The van der Waals surface area contributed by atoms with Crippen molar-refractivity contribution < 1.29 is 10.2 Å². The highest BCUT2D eigenvalue weighted by atomic mass is 16.3. The largest absolute Gasteiger partial charge is 0.391 e. The lowest BCUT2D eigenvalue weighted by Crippen LogP contribution is -2.57. The molecule has 4 heteroatoms. The first-order valence-electron chi connectivity index (χ1n) is 6.52. The Labute approximate surface area is 108 Å². The minimum absolute atomic E-state index is 0.0533. The summed E-state index contributed by atoms with van der Waals surface area (Å²) in [5.41, 5.74) is 1.28. The quantitative estimate of drug-likeness (QED) is 0.715. The van der Waals surface area contributed by atoms with Gasteiger partial charge in [0.1, 0.15) is 0 Å². The van der Waals surface area contributed by atoms with Crippen molar-refractivity contribution in [1.29, 1.82) is 0 Å². The number of hydrogen-bond acceptors (Lipinski definition) is 4. The maximum atomic E-state index is 9.90. The van der Waals surface area contributed by atoms with E-state index in [1.165, 1.54) is 5.56 Å². The van der Waals surface area contributed by atoms with Crippen LogP contribution >= 0.6 is 0 Å². The standard InChI is InChI=1S/C14H22N2O2/c1-11(17)14(18)13-10-16(8-7-15-13)9-12-5-3-2-4-6-12/h2-6,11,13-15,17-18H,7-10H2,1H3. The average molecular weight is 250 g/mol. The van der Waals surface area contributed by atoms with Crippen LogP contribution < -0.4 is 5.32 Å². The van der Waals surface area contributed by atoms with Crippen LogP contribution in [0.1, 0.15) is 12.5 Å². The number of rotatable bonds is 4. The molecule has 1 fully saturated rings. The van der Waals surface area contributed by atoms with Crippen molar-refractivity contribution in [3.63, 3.8) is 0 Å². The molecule has 1 aromatic rings. The molecule has 0 aliphatic carbocycles.